The third kappa shape index (κ3) is 1.39. The predicted octanol–water partition coefficient (Wildman–Crippen LogP) is 0.932. The molecule has 1 unspecified atom stereocenters. The largest absolute Gasteiger partial charge is 0.480 e. The van der Waals surface area contributed by atoms with Crippen LogP contribution in [-0.4, -0.2) is 23.7 Å². The van der Waals surface area contributed by atoms with Crippen LogP contribution >= 0.6 is 0 Å². The van der Waals surface area contributed by atoms with Crippen LogP contribution in [0.15, 0.2) is 24.3 Å². The molecular weight excluding hydrogens is 180 g/mol. The van der Waals surface area contributed by atoms with Gasteiger partial charge in [0, 0.05) is 17.9 Å². The summed E-state index contributed by atoms with van der Waals surface area (Å²) in [4.78, 5) is 12.6. The van der Waals surface area contributed by atoms with Gasteiger partial charge < -0.3 is 15.7 Å². The zero-order valence-electron chi connectivity index (χ0n) is 7.68. The minimum Gasteiger partial charge on any atom is -0.480 e. The number of nitrogen functional groups attached to an aromatic ring is 1. The minimum atomic E-state index is -0.756. The number of carboxylic acid groups (broad SMARTS) is 1. The van der Waals surface area contributed by atoms with Gasteiger partial charge in [-0.15, -0.1) is 0 Å². The highest BCUT2D eigenvalue weighted by atomic mass is 16.4. The SMILES string of the molecule is Nc1ccc(N2CCC2C(=O)O)cc1. The Morgan fingerprint density at radius 1 is 1.43 bits per heavy atom. The molecule has 0 bridgehead atoms. The number of nitrogens with two attached hydrogens (primary N) is 1. The highest BCUT2D eigenvalue weighted by Gasteiger charge is 2.33. The van der Waals surface area contributed by atoms with E-state index in [0.717, 1.165) is 18.7 Å². The lowest BCUT2D eigenvalue weighted by Gasteiger charge is -2.39. The van der Waals surface area contributed by atoms with E-state index >= 15 is 0 Å². The molecule has 1 atom stereocenters. The van der Waals surface area contributed by atoms with Gasteiger partial charge in [-0.2, -0.15) is 0 Å². The molecule has 0 saturated carbocycles. The van der Waals surface area contributed by atoms with Crippen molar-refractivity contribution >= 4 is 17.3 Å². The second-order valence-corrected chi connectivity index (χ2v) is 3.43. The fraction of sp³-hybridized carbons (Fsp3) is 0.300. The third-order valence-corrected chi connectivity index (χ3v) is 2.53. The van der Waals surface area contributed by atoms with Crippen molar-refractivity contribution in [1.29, 1.82) is 0 Å². The summed E-state index contributed by atoms with van der Waals surface area (Å²) in [5, 5.41) is 8.85. The smallest absolute Gasteiger partial charge is 0.326 e. The van der Waals surface area contributed by atoms with E-state index in [2.05, 4.69) is 0 Å². The first-order chi connectivity index (χ1) is 6.68. The van der Waals surface area contributed by atoms with Crippen LogP contribution in [0.25, 0.3) is 0 Å². The first-order valence-corrected chi connectivity index (χ1v) is 4.53. The zero-order chi connectivity index (χ0) is 10.1. The molecule has 1 aliphatic heterocycles. The van der Waals surface area contributed by atoms with E-state index in [0.29, 0.717) is 5.69 Å². The van der Waals surface area contributed by atoms with Crippen molar-refractivity contribution in [3.05, 3.63) is 24.3 Å². The highest BCUT2D eigenvalue weighted by molar-refractivity contribution is 5.80. The molecule has 1 saturated heterocycles. The van der Waals surface area contributed by atoms with Crippen molar-refractivity contribution in [3.8, 4) is 0 Å². The third-order valence-electron chi connectivity index (χ3n) is 2.53. The van der Waals surface area contributed by atoms with E-state index in [-0.39, 0.29) is 6.04 Å². The molecule has 0 aromatic heterocycles. The topological polar surface area (TPSA) is 66.6 Å². The van der Waals surface area contributed by atoms with E-state index < -0.39 is 5.97 Å². The Morgan fingerprint density at radius 3 is 2.50 bits per heavy atom. The average molecular weight is 192 g/mol. The van der Waals surface area contributed by atoms with Crippen LogP contribution in [0.3, 0.4) is 0 Å². The minimum absolute atomic E-state index is 0.362. The standard InChI is InChI=1S/C10H12N2O2/c11-7-1-3-8(4-2-7)12-6-5-9(12)10(13)14/h1-4,9H,5-6,11H2,(H,13,14). The molecule has 0 aliphatic carbocycles. The summed E-state index contributed by atoms with van der Waals surface area (Å²) < 4.78 is 0. The highest BCUT2D eigenvalue weighted by Crippen LogP contribution is 2.26. The molecule has 1 aliphatic rings. The molecule has 0 amide bonds. The van der Waals surface area contributed by atoms with Gasteiger partial charge in [0.15, 0.2) is 0 Å². The average Bonchev–Trinajstić information content (AvgIpc) is 2.05. The number of anilines is 2. The Labute approximate surface area is 81.9 Å². The van der Waals surface area contributed by atoms with E-state index in [1.807, 2.05) is 17.0 Å². The Hall–Kier alpha value is -1.71. The maximum Gasteiger partial charge on any atom is 0.326 e. The predicted molar refractivity (Wildman–Crippen MR) is 54.2 cm³/mol. The van der Waals surface area contributed by atoms with Crippen molar-refractivity contribution in [2.24, 2.45) is 0 Å². The van der Waals surface area contributed by atoms with Gasteiger partial charge in [0.2, 0.25) is 0 Å². The lowest BCUT2D eigenvalue weighted by molar-refractivity contribution is -0.139. The Bertz CT molecular complexity index is 348. The zero-order valence-corrected chi connectivity index (χ0v) is 7.68. The summed E-state index contributed by atoms with van der Waals surface area (Å²) in [6.45, 7) is 0.806. The van der Waals surface area contributed by atoms with Crippen molar-refractivity contribution in [1.82, 2.24) is 0 Å². The summed E-state index contributed by atoms with van der Waals surface area (Å²) in [5.41, 5.74) is 7.17. The fourth-order valence-corrected chi connectivity index (χ4v) is 1.62. The number of carboxylic acids is 1. The molecule has 2 rings (SSSR count). The molecule has 0 radical (unpaired) electrons. The Morgan fingerprint density at radius 2 is 2.07 bits per heavy atom. The van der Waals surface area contributed by atoms with Gasteiger partial charge in [0.1, 0.15) is 6.04 Å². The van der Waals surface area contributed by atoms with Crippen LogP contribution in [0.1, 0.15) is 6.42 Å². The molecule has 4 nitrogen and oxygen atoms in total. The summed E-state index contributed by atoms with van der Waals surface area (Å²) in [5.74, 6) is -0.756. The number of benzene rings is 1. The van der Waals surface area contributed by atoms with Gasteiger partial charge >= 0.3 is 5.97 Å². The number of hydrogen-bond donors (Lipinski definition) is 2. The summed E-state index contributed by atoms with van der Waals surface area (Å²) >= 11 is 0. The van der Waals surface area contributed by atoms with Crippen LogP contribution in [0.5, 0.6) is 0 Å². The molecule has 1 heterocycles. The Balaban J connectivity index is 2.16. The van der Waals surface area contributed by atoms with Crippen LogP contribution in [0, 0.1) is 0 Å². The van der Waals surface area contributed by atoms with Crippen molar-refractivity contribution in [3.63, 3.8) is 0 Å². The molecule has 14 heavy (non-hydrogen) atoms. The van der Waals surface area contributed by atoms with Crippen LogP contribution in [0.2, 0.25) is 0 Å². The van der Waals surface area contributed by atoms with Gasteiger partial charge in [-0.05, 0) is 30.7 Å². The van der Waals surface area contributed by atoms with E-state index in [9.17, 15) is 4.79 Å². The van der Waals surface area contributed by atoms with Crippen LogP contribution < -0.4 is 10.6 Å². The number of hydrogen-bond acceptors (Lipinski definition) is 3. The molecule has 1 fully saturated rings. The van der Waals surface area contributed by atoms with Crippen molar-refractivity contribution in [2.45, 2.75) is 12.5 Å². The molecule has 3 N–H and O–H groups in total. The maximum absolute atomic E-state index is 10.8. The fourth-order valence-electron chi connectivity index (χ4n) is 1.62. The second-order valence-electron chi connectivity index (χ2n) is 3.43. The lowest BCUT2D eigenvalue weighted by atomic mass is 10.0. The van der Waals surface area contributed by atoms with Gasteiger partial charge in [-0.1, -0.05) is 0 Å². The molecule has 1 aromatic carbocycles. The number of aliphatic carboxylic acids is 1. The van der Waals surface area contributed by atoms with Crippen LogP contribution in [0.4, 0.5) is 11.4 Å². The van der Waals surface area contributed by atoms with E-state index in [1.54, 1.807) is 12.1 Å². The molecule has 1 aromatic rings. The molecule has 0 spiro atoms. The Kier molecular flexibility index (Phi) is 2.04. The van der Waals surface area contributed by atoms with Gasteiger partial charge in [0.05, 0.1) is 0 Å². The van der Waals surface area contributed by atoms with Gasteiger partial charge in [-0.25, -0.2) is 4.79 Å². The van der Waals surface area contributed by atoms with E-state index in [4.69, 9.17) is 10.8 Å². The maximum atomic E-state index is 10.8. The summed E-state index contributed by atoms with van der Waals surface area (Å²) in [7, 11) is 0. The normalized spacial score (nSPS) is 20.3. The number of rotatable bonds is 2. The van der Waals surface area contributed by atoms with Gasteiger partial charge in [0.25, 0.3) is 0 Å². The lowest BCUT2D eigenvalue weighted by Crippen LogP contribution is -2.52. The number of nitrogens with zero attached hydrogens (tertiary/aromatic N) is 1. The number of carbonyl (C=O) groups is 1. The van der Waals surface area contributed by atoms with Gasteiger partial charge in [-0.3, -0.25) is 0 Å². The van der Waals surface area contributed by atoms with Crippen molar-refractivity contribution < 1.29 is 9.90 Å². The molecular formula is C10H12N2O2. The quantitative estimate of drug-likeness (QED) is 0.684. The van der Waals surface area contributed by atoms with Crippen LogP contribution in [-0.2, 0) is 4.79 Å². The second kappa shape index (κ2) is 3.21. The first-order valence-electron chi connectivity index (χ1n) is 4.53. The molecule has 74 valence electrons. The van der Waals surface area contributed by atoms with E-state index in [1.165, 1.54) is 0 Å². The molecule has 4 heteroatoms. The van der Waals surface area contributed by atoms with Crippen molar-refractivity contribution in [2.75, 3.05) is 17.2 Å². The monoisotopic (exact) mass is 192 g/mol. The summed E-state index contributed by atoms with van der Waals surface area (Å²) in [6, 6.07) is 6.91. The summed E-state index contributed by atoms with van der Waals surface area (Å²) in [6.07, 6.45) is 0.722. The first kappa shape index (κ1) is 8.87.